The molecular formula is C30H37N3O6S. The van der Waals surface area contributed by atoms with Crippen molar-refractivity contribution in [1.29, 1.82) is 0 Å². The topological polar surface area (TPSA) is 105 Å². The largest absolute Gasteiger partial charge is 0.497 e. The molecule has 0 aliphatic carbocycles. The molecule has 10 heteroatoms. The third kappa shape index (κ3) is 7.75. The number of nitrogens with zero attached hydrogens (tertiary/aromatic N) is 2. The van der Waals surface area contributed by atoms with Gasteiger partial charge in [-0.05, 0) is 66.9 Å². The minimum absolute atomic E-state index is 0.0423. The van der Waals surface area contributed by atoms with E-state index in [4.69, 9.17) is 9.47 Å². The number of amides is 2. The van der Waals surface area contributed by atoms with Crippen LogP contribution in [0.25, 0.3) is 0 Å². The zero-order chi connectivity index (χ0) is 29.3. The summed E-state index contributed by atoms with van der Waals surface area (Å²) in [6.45, 7) is 5.60. The van der Waals surface area contributed by atoms with Crippen molar-refractivity contribution >= 4 is 27.5 Å². The van der Waals surface area contributed by atoms with Crippen LogP contribution >= 0.6 is 0 Å². The van der Waals surface area contributed by atoms with Crippen molar-refractivity contribution in [2.24, 2.45) is 5.92 Å². The maximum absolute atomic E-state index is 14.0. The summed E-state index contributed by atoms with van der Waals surface area (Å²) in [6.07, 6.45) is 0. The fourth-order valence-electron chi connectivity index (χ4n) is 4.00. The molecule has 3 aromatic rings. The first-order valence-electron chi connectivity index (χ1n) is 13.0. The van der Waals surface area contributed by atoms with Crippen molar-refractivity contribution in [3.8, 4) is 11.5 Å². The number of carbonyl (C=O) groups is 2. The Balaban J connectivity index is 2.01. The van der Waals surface area contributed by atoms with Gasteiger partial charge in [-0.25, -0.2) is 8.42 Å². The van der Waals surface area contributed by atoms with Gasteiger partial charge in [0.2, 0.25) is 11.8 Å². The normalized spacial score (nSPS) is 11.9. The Bertz CT molecular complexity index is 1380. The molecule has 0 spiro atoms. The summed E-state index contributed by atoms with van der Waals surface area (Å²) in [7, 11) is -1.07. The third-order valence-electron chi connectivity index (χ3n) is 6.31. The summed E-state index contributed by atoms with van der Waals surface area (Å²) >= 11 is 0. The van der Waals surface area contributed by atoms with E-state index < -0.39 is 28.5 Å². The number of rotatable bonds is 13. The van der Waals surface area contributed by atoms with Crippen LogP contribution in [0, 0.1) is 5.92 Å². The predicted octanol–water partition coefficient (Wildman–Crippen LogP) is 4.09. The zero-order valence-electron chi connectivity index (χ0n) is 23.5. The van der Waals surface area contributed by atoms with E-state index >= 15 is 0 Å². The van der Waals surface area contributed by atoms with Gasteiger partial charge in [0.25, 0.3) is 10.0 Å². The van der Waals surface area contributed by atoms with Gasteiger partial charge in [-0.2, -0.15) is 0 Å². The highest BCUT2D eigenvalue weighted by atomic mass is 32.2. The van der Waals surface area contributed by atoms with Crippen LogP contribution in [0.3, 0.4) is 0 Å². The lowest BCUT2D eigenvalue weighted by Gasteiger charge is -2.32. The Hall–Kier alpha value is -4.05. The van der Waals surface area contributed by atoms with Gasteiger partial charge in [0.1, 0.15) is 24.1 Å². The minimum atomic E-state index is -4.13. The molecule has 2 amide bonds. The maximum atomic E-state index is 14.0. The molecule has 0 aromatic heterocycles. The van der Waals surface area contributed by atoms with E-state index in [1.165, 1.54) is 24.1 Å². The Morgan fingerprint density at radius 1 is 0.850 bits per heavy atom. The van der Waals surface area contributed by atoms with E-state index in [1.807, 2.05) is 19.9 Å². The van der Waals surface area contributed by atoms with Crippen LogP contribution in [-0.2, 0) is 26.2 Å². The lowest BCUT2D eigenvalue weighted by molar-refractivity contribution is -0.139. The van der Waals surface area contributed by atoms with Gasteiger partial charge < -0.3 is 19.7 Å². The van der Waals surface area contributed by atoms with Crippen LogP contribution in [0.15, 0.2) is 83.8 Å². The molecular weight excluding hydrogens is 530 g/mol. The summed E-state index contributed by atoms with van der Waals surface area (Å²) in [6, 6.07) is 20.7. The second kappa shape index (κ2) is 13.8. The van der Waals surface area contributed by atoms with E-state index in [1.54, 1.807) is 74.7 Å². The molecule has 1 atom stereocenters. The number of ether oxygens (including phenoxy) is 2. The quantitative estimate of drug-likeness (QED) is 0.334. The van der Waals surface area contributed by atoms with Crippen molar-refractivity contribution in [1.82, 2.24) is 10.2 Å². The van der Waals surface area contributed by atoms with Gasteiger partial charge in [0.15, 0.2) is 0 Å². The summed E-state index contributed by atoms with van der Waals surface area (Å²) in [5.74, 6) is 0.507. The van der Waals surface area contributed by atoms with Crippen molar-refractivity contribution in [3.05, 3.63) is 84.4 Å². The number of nitrogens with one attached hydrogen (secondary N) is 1. The van der Waals surface area contributed by atoms with Gasteiger partial charge in [0.05, 0.1) is 24.8 Å². The van der Waals surface area contributed by atoms with Crippen LogP contribution in [0.1, 0.15) is 26.3 Å². The highest BCUT2D eigenvalue weighted by Crippen LogP contribution is 2.26. The van der Waals surface area contributed by atoms with Gasteiger partial charge in [0, 0.05) is 13.1 Å². The fraction of sp³-hybridized carbons (Fsp3) is 0.333. The molecule has 0 aliphatic heterocycles. The van der Waals surface area contributed by atoms with Crippen LogP contribution in [-0.4, -0.2) is 58.5 Å². The second-order valence-corrected chi connectivity index (χ2v) is 11.6. The molecule has 1 N–H and O–H groups in total. The van der Waals surface area contributed by atoms with Crippen LogP contribution in [0.2, 0.25) is 0 Å². The average molecular weight is 568 g/mol. The number of hydrogen-bond donors (Lipinski definition) is 1. The number of benzene rings is 3. The molecule has 0 heterocycles. The summed E-state index contributed by atoms with van der Waals surface area (Å²) < 4.78 is 39.2. The average Bonchev–Trinajstić information content (AvgIpc) is 2.97. The molecule has 0 saturated heterocycles. The smallest absolute Gasteiger partial charge is 0.264 e. The predicted molar refractivity (Wildman–Crippen MR) is 155 cm³/mol. The molecule has 0 aliphatic rings. The van der Waals surface area contributed by atoms with Crippen molar-refractivity contribution < 1.29 is 27.5 Å². The monoisotopic (exact) mass is 567 g/mol. The number of sulfonamides is 1. The Morgan fingerprint density at radius 3 is 2.10 bits per heavy atom. The molecule has 0 bridgehead atoms. The van der Waals surface area contributed by atoms with Crippen molar-refractivity contribution in [3.63, 3.8) is 0 Å². The number of anilines is 1. The first-order chi connectivity index (χ1) is 19.1. The van der Waals surface area contributed by atoms with Crippen LogP contribution in [0.4, 0.5) is 5.69 Å². The molecule has 40 heavy (non-hydrogen) atoms. The molecule has 1 unspecified atom stereocenters. The number of hydrogen-bond acceptors (Lipinski definition) is 6. The minimum Gasteiger partial charge on any atom is -0.497 e. The molecule has 214 valence electrons. The molecule has 0 fully saturated rings. The first kappa shape index (κ1) is 30.5. The summed E-state index contributed by atoms with van der Waals surface area (Å²) in [4.78, 5) is 28.5. The number of carbonyl (C=O) groups excluding carboxylic acids is 2. The van der Waals surface area contributed by atoms with Gasteiger partial charge >= 0.3 is 0 Å². The van der Waals surface area contributed by atoms with E-state index in [0.717, 1.165) is 9.87 Å². The molecule has 0 radical (unpaired) electrons. The fourth-order valence-corrected chi connectivity index (χ4v) is 5.43. The van der Waals surface area contributed by atoms with Crippen LogP contribution in [0.5, 0.6) is 11.5 Å². The lowest BCUT2D eigenvalue weighted by atomic mass is 10.1. The molecule has 3 rings (SSSR count). The Kier molecular flexibility index (Phi) is 10.6. The van der Waals surface area contributed by atoms with Crippen molar-refractivity contribution in [2.45, 2.75) is 38.3 Å². The van der Waals surface area contributed by atoms with Gasteiger partial charge in [-0.15, -0.1) is 0 Å². The SMILES string of the molecule is COc1ccc(N(CC(=O)N(Cc2cccc(OC)c2)C(C)C(=O)NCC(C)C)S(=O)(=O)c2ccccc2)cc1. The second-order valence-electron chi connectivity index (χ2n) is 9.71. The summed E-state index contributed by atoms with van der Waals surface area (Å²) in [5.41, 5.74) is 1.02. The Morgan fingerprint density at radius 2 is 1.50 bits per heavy atom. The highest BCUT2D eigenvalue weighted by molar-refractivity contribution is 7.92. The van der Waals surface area contributed by atoms with Gasteiger partial charge in [-0.1, -0.05) is 44.2 Å². The zero-order valence-corrected chi connectivity index (χ0v) is 24.4. The van der Waals surface area contributed by atoms with Crippen LogP contribution < -0.4 is 19.1 Å². The van der Waals surface area contributed by atoms with E-state index in [9.17, 15) is 18.0 Å². The molecule has 3 aromatic carbocycles. The standard InChI is InChI=1S/C30H37N3O6S/c1-22(2)19-31-30(35)23(3)32(20-24-10-9-11-27(18-24)39-5)29(34)21-33(25-14-16-26(38-4)17-15-25)40(36,37)28-12-7-6-8-13-28/h6-18,22-23H,19-21H2,1-5H3,(H,31,35). The lowest BCUT2D eigenvalue weighted by Crippen LogP contribution is -2.51. The number of methoxy groups -OCH3 is 2. The maximum Gasteiger partial charge on any atom is 0.264 e. The van der Waals surface area contributed by atoms with Gasteiger partial charge in [-0.3, -0.25) is 13.9 Å². The molecule has 0 saturated carbocycles. The Labute approximate surface area is 236 Å². The summed E-state index contributed by atoms with van der Waals surface area (Å²) in [5, 5.41) is 2.88. The highest BCUT2D eigenvalue weighted by Gasteiger charge is 2.32. The van der Waals surface area contributed by atoms with E-state index in [0.29, 0.717) is 18.0 Å². The van der Waals surface area contributed by atoms with E-state index in [-0.39, 0.29) is 29.0 Å². The molecule has 9 nitrogen and oxygen atoms in total. The first-order valence-corrected chi connectivity index (χ1v) is 14.4. The van der Waals surface area contributed by atoms with Crippen molar-refractivity contribution in [2.75, 3.05) is 31.6 Å². The third-order valence-corrected chi connectivity index (χ3v) is 8.10. The van der Waals surface area contributed by atoms with E-state index in [2.05, 4.69) is 5.32 Å².